The summed E-state index contributed by atoms with van der Waals surface area (Å²) in [5.41, 5.74) is -0.167. The smallest absolute Gasteiger partial charge is 0.357 e. The molecular weight excluding hydrogens is 228 g/mol. The Kier molecular flexibility index (Phi) is 4.89. The standard InChI is InChI=1S/C10H16N2O5/c1-2-17-10(15)7(11-16)6-12-5-3-4-8(12)9(13)14/h8,16H,2-6H2,1H3,(H,13,14). The Hall–Kier alpha value is -1.63. The molecule has 1 atom stereocenters. The fourth-order valence-electron chi connectivity index (χ4n) is 1.84. The lowest BCUT2D eigenvalue weighted by molar-refractivity contribution is -0.142. The van der Waals surface area contributed by atoms with E-state index in [1.807, 2.05) is 0 Å². The highest BCUT2D eigenvalue weighted by molar-refractivity contribution is 6.37. The zero-order valence-electron chi connectivity index (χ0n) is 9.63. The Balaban J connectivity index is 2.62. The van der Waals surface area contributed by atoms with E-state index in [-0.39, 0.29) is 18.9 Å². The Morgan fingerprint density at radius 3 is 2.76 bits per heavy atom. The van der Waals surface area contributed by atoms with Crippen molar-refractivity contribution in [1.82, 2.24) is 4.90 Å². The lowest BCUT2D eigenvalue weighted by atomic mass is 10.2. The summed E-state index contributed by atoms with van der Waals surface area (Å²) in [5, 5.41) is 20.5. The van der Waals surface area contributed by atoms with Crippen LogP contribution >= 0.6 is 0 Å². The zero-order valence-corrected chi connectivity index (χ0v) is 9.63. The summed E-state index contributed by atoms with van der Waals surface area (Å²) < 4.78 is 4.70. The minimum absolute atomic E-state index is 0.00764. The molecule has 1 saturated heterocycles. The van der Waals surface area contributed by atoms with Crippen molar-refractivity contribution >= 4 is 17.7 Å². The number of carboxylic acid groups (broad SMARTS) is 1. The van der Waals surface area contributed by atoms with Gasteiger partial charge in [0, 0.05) is 0 Å². The minimum atomic E-state index is -0.927. The Morgan fingerprint density at radius 2 is 2.24 bits per heavy atom. The van der Waals surface area contributed by atoms with Gasteiger partial charge in [0.25, 0.3) is 0 Å². The summed E-state index contributed by atoms with van der Waals surface area (Å²) in [6.45, 7) is 2.38. The van der Waals surface area contributed by atoms with Gasteiger partial charge in [-0.15, -0.1) is 0 Å². The second-order valence-electron chi connectivity index (χ2n) is 3.73. The van der Waals surface area contributed by atoms with E-state index >= 15 is 0 Å². The zero-order chi connectivity index (χ0) is 12.8. The van der Waals surface area contributed by atoms with E-state index in [4.69, 9.17) is 15.1 Å². The van der Waals surface area contributed by atoms with Crippen LogP contribution in [0.15, 0.2) is 5.16 Å². The summed E-state index contributed by atoms with van der Waals surface area (Å²) in [4.78, 5) is 23.9. The molecule has 1 heterocycles. The first-order valence-electron chi connectivity index (χ1n) is 5.45. The molecule has 7 heteroatoms. The van der Waals surface area contributed by atoms with Gasteiger partial charge in [0.2, 0.25) is 0 Å². The number of oxime groups is 1. The molecule has 96 valence electrons. The van der Waals surface area contributed by atoms with Crippen molar-refractivity contribution in [3.05, 3.63) is 0 Å². The van der Waals surface area contributed by atoms with E-state index < -0.39 is 18.0 Å². The maximum Gasteiger partial charge on any atom is 0.357 e. The molecule has 0 spiro atoms. The molecule has 0 saturated carbocycles. The minimum Gasteiger partial charge on any atom is -0.480 e. The molecule has 0 radical (unpaired) electrons. The third-order valence-electron chi connectivity index (χ3n) is 2.63. The number of carbonyl (C=O) groups is 2. The summed E-state index contributed by atoms with van der Waals surface area (Å²) in [6, 6.07) is -0.624. The molecule has 1 fully saturated rings. The van der Waals surface area contributed by atoms with E-state index in [0.29, 0.717) is 13.0 Å². The van der Waals surface area contributed by atoms with Crippen LogP contribution in [0.1, 0.15) is 19.8 Å². The molecule has 0 aromatic rings. The molecule has 17 heavy (non-hydrogen) atoms. The number of carboxylic acids is 1. The largest absolute Gasteiger partial charge is 0.480 e. The molecule has 1 aliphatic rings. The molecule has 1 rings (SSSR count). The van der Waals surface area contributed by atoms with E-state index in [9.17, 15) is 9.59 Å². The number of ether oxygens (including phenoxy) is 1. The molecular formula is C10H16N2O5. The fraction of sp³-hybridized carbons (Fsp3) is 0.700. The van der Waals surface area contributed by atoms with Crippen LogP contribution in [0.3, 0.4) is 0 Å². The normalized spacial score (nSPS) is 21.5. The molecule has 1 aliphatic heterocycles. The van der Waals surface area contributed by atoms with Crippen LogP contribution in [0.25, 0.3) is 0 Å². The van der Waals surface area contributed by atoms with E-state index in [2.05, 4.69) is 5.16 Å². The van der Waals surface area contributed by atoms with Gasteiger partial charge >= 0.3 is 11.9 Å². The second kappa shape index (κ2) is 6.19. The van der Waals surface area contributed by atoms with E-state index in [1.165, 1.54) is 0 Å². The Bertz CT molecular complexity index is 329. The van der Waals surface area contributed by atoms with Crippen LogP contribution in [0.2, 0.25) is 0 Å². The van der Waals surface area contributed by atoms with Crippen molar-refractivity contribution in [1.29, 1.82) is 0 Å². The molecule has 1 unspecified atom stereocenters. The highest BCUT2D eigenvalue weighted by atomic mass is 16.5. The number of hydrogen-bond donors (Lipinski definition) is 2. The first-order chi connectivity index (χ1) is 8.10. The lowest BCUT2D eigenvalue weighted by Gasteiger charge is -2.20. The molecule has 0 aliphatic carbocycles. The van der Waals surface area contributed by atoms with Crippen LogP contribution < -0.4 is 0 Å². The number of rotatable bonds is 5. The van der Waals surface area contributed by atoms with E-state index in [0.717, 1.165) is 6.42 Å². The van der Waals surface area contributed by atoms with Gasteiger partial charge in [-0.25, -0.2) is 4.79 Å². The molecule has 0 aromatic carbocycles. The average molecular weight is 244 g/mol. The van der Waals surface area contributed by atoms with Crippen molar-refractivity contribution in [3.8, 4) is 0 Å². The quantitative estimate of drug-likeness (QED) is 0.304. The van der Waals surface area contributed by atoms with Gasteiger partial charge in [0.15, 0.2) is 5.71 Å². The molecule has 0 aromatic heterocycles. The Labute approximate surface area is 98.7 Å². The number of hydrogen-bond acceptors (Lipinski definition) is 6. The highest BCUT2D eigenvalue weighted by Gasteiger charge is 2.32. The summed E-state index contributed by atoms with van der Waals surface area (Å²) >= 11 is 0. The third kappa shape index (κ3) is 3.42. The monoisotopic (exact) mass is 244 g/mol. The van der Waals surface area contributed by atoms with Gasteiger partial charge in [-0.3, -0.25) is 9.69 Å². The first-order valence-corrected chi connectivity index (χ1v) is 5.45. The van der Waals surface area contributed by atoms with Crippen molar-refractivity contribution in [2.45, 2.75) is 25.8 Å². The SMILES string of the molecule is CCOC(=O)C(CN1CCCC1C(=O)O)=NO. The van der Waals surface area contributed by atoms with Gasteiger partial charge in [-0.1, -0.05) is 5.16 Å². The van der Waals surface area contributed by atoms with Crippen LogP contribution in [0, 0.1) is 0 Å². The van der Waals surface area contributed by atoms with E-state index in [1.54, 1.807) is 11.8 Å². The molecule has 0 amide bonds. The van der Waals surface area contributed by atoms with Crippen LogP contribution in [0.5, 0.6) is 0 Å². The second-order valence-corrected chi connectivity index (χ2v) is 3.73. The van der Waals surface area contributed by atoms with Gasteiger partial charge in [0.05, 0.1) is 13.2 Å². The molecule has 7 nitrogen and oxygen atoms in total. The molecule has 0 bridgehead atoms. The van der Waals surface area contributed by atoms with Crippen LogP contribution in [-0.2, 0) is 14.3 Å². The predicted octanol–water partition coefficient (Wildman–Crippen LogP) is -0.0713. The number of likely N-dealkylation sites (tertiary alicyclic amines) is 1. The lowest BCUT2D eigenvalue weighted by Crippen LogP contribution is -2.41. The van der Waals surface area contributed by atoms with Gasteiger partial charge < -0.3 is 15.1 Å². The number of esters is 1. The maximum absolute atomic E-state index is 11.4. The number of carbonyl (C=O) groups excluding carboxylic acids is 1. The van der Waals surface area contributed by atoms with Crippen molar-refractivity contribution in [3.63, 3.8) is 0 Å². The van der Waals surface area contributed by atoms with Crippen molar-refractivity contribution in [2.75, 3.05) is 19.7 Å². The first kappa shape index (κ1) is 13.4. The topological polar surface area (TPSA) is 99.4 Å². The highest BCUT2D eigenvalue weighted by Crippen LogP contribution is 2.17. The van der Waals surface area contributed by atoms with Gasteiger partial charge in [0.1, 0.15) is 6.04 Å². The van der Waals surface area contributed by atoms with Crippen molar-refractivity contribution in [2.24, 2.45) is 5.16 Å². The molecule has 2 N–H and O–H groups in total. The fourth-order valence-corrected chi connectivity index (χ4v) is 1.84. The van der Waals surface area contributed by atoms with Gasteiger partial charge in [-0.05, 0) is 26.3 Å². The predicted molar refractivity (Wildman–Crippen MR) is 58.1 cm³/mol. The number of aliphatic carboxylic acids is 1. The Morgan fingerprint density at radius 1 is 1.53 bits per heavy atom. The summed E-state index contributed by atoms with van der Waals surface area (Å²) in [5.74, 6) is -1.64. The summed E-state index contributed by atoms with van der Waals surface area (Å²) in [6.07, 6.45) is 1.29. The number of nitrogens with zero attached hydrogens (tertiary/aromatic N) is 2. The van der Waals surface area contributed by atoms with Crippen molar-refractivity contribution < 1.29 is 24.6 Å². The maximum atomic E-state index is 11.4. The van der Waals surface area contributed by atoms with Crippen LogP contribution in [-0.4, -0.2) is 58.6 Å². The third-order valence-corrected chi connectivity index (χ3v) is 2.63. The summed E-state index contributed by atoms with van der Waals surface area (Å²) in [7, 11) is 0. The van der Waals surface area contributed by atoms with Gasteiger partial charge in [-0.2, -0.15) is 0 Å². The van der Waals surface area contributed by atoms with Crippen LogP contribution in [0.4, 0.5) is 0 Å². The average Bonchev–Trinajstić information content (AvgIpc) is 2.74.